The summed E-state index contributed by atoms with van der Waals surface area (Å²) in [6.07, 6.45) is 3.28. The number of cyclic esters (lactones) is 2. The van der Waals surface area contributed by atoms with E-state index < -0.39 is 11.9 Å². The van der Waals surface area contributed by atoms with Gasteiger partial charge in [-0.2, -0.15) is 0 Å². The Labute approximate surface area is 92.5 Å². The highest BCUT2D eigenvalue weighted by atomic mass is 16.5. The van der Waals surface area contributed by atoms with E-state index in [1.165, 1.54) is 0 Å². The van der Waals surface area contributed by atoms with Crippen molar-refractivity contribution in [2.24, 2.45) is 0 Å². The summed E-state index contributed by atoms with van der Waals surface area (Å²) >= 11 is 0. The average Bonchev–Trinajstić information content (AvgIpc) is 2.32. The summed E-state index contributed by atoms with van der Waals surface area (Å²) in [6.45, 7) is 0.370. The largest absolute Gasteiger partial charge is 0.458 e. The molecule has 1 aliphatic heterocycles. The Balaban J connectivity index is 2.40. The minimum atomic E-state index is -0.515. The third kappa shape index (κ3) is 2.11. The van der Waals surface area contributed by atoms with Gasteiger partial charge in [0.25, 0.3) is 0 Å². The number of carbonyl (C=O) groups excluding carboxylic acids is 2. The van der Waals surface area contributed by atoms with Crippen LogP contribution in [0.5, 0.6) is 0 Å². The summed E-state index contributed by atoms with van der Waals surface area (Å²) in [4.78, 5) is 23.2. The minimum Gasteiger partial charge on any atom is -0.458 e. The van der Waals surface area contributed by atoms with Crippen LogP contribution < -0.4 is 0 Å². The number of ether oxygens (including phenoxy) is 2. The first-order valence-electron chi connectivity index (χ1n) is 4.87. The molecular weight excluding hydrogens is 208 g/mol. The van der Waals surface area contributed by atoms with Gasteiger partial charge in [-0.3, -0.25) is 0 Å². The second-order valence-electron chi connectivity index (χ2n) is 3.21. The Morgan fingerprint density at radius 1 is 0.812 bits per heavy atom. The first-order valence-corrected chi connectivity index (χ1v) is 4.87. The highest BCUT2D eigenvalue weighted by molar-refractivity contribution is 6.03. The van der Waals surface area contributed by atoms with Crippen molar-refractivity contribution in [3.8, 4) is 0 Å². The van der Waals surface area contributed by atoms with Crippen molar-refractivity contribution in [3.05, 3.63) is 47.5 Å². The van der Waals surface area contributed by atoms with Gasteiger partial charge in [-0.05, 0) is 24.3 Å². The predicted octanol–water partition coefficient (Wildman–Crippen LogP) is 1.57. The standard InChI is InChI=1S/C12H10O4/c13-11-9-5-1-2-6-10(9)12(14)16-8-4-3-7-15-11/h1-6H,7-8H2/b4-3-. The number of carbonyl (C=O) groups is 2. The van der Waals surface area contributed by atoms with Gasteiger partial charge < -0.3 is 9.47 Å². The van der Waals surface area contributed by atoms with Crippen molar-refractivity contribution in [1.82, 2.24) is 0 Å². The molecule has 0 unspecified atom stereocenters. The third-order valence-corrected chi connectivity index (χ3v) is 2.15. The van der Waals surface area contributed by atoms with Gasteiger partial charge in [-0.25, -0.2) is 9.59 Å². The van der Waals surface area contributed by atoms with Crippen LogP contribution in [0.2, 0.25) is 0 Å². The molecule has 0 radical (unpaired) electrons. The van der Waals surface area contributed by atoms with E-state index in [1.54, 1.807) is 36.4 Å². The predicted molar refractivity (Wildman–Crippen MR) is 56.1 cm³/mol. The van der Waals surface area contributed by atoms with E-state index in [1.807, 2.05) is 0 Å². The molecule has 4 heteroatoms. The molecule has 0 bridgehead atoms. The molecule has 1 aromatic carbocycles. The molecule has 1 heterocycles. The molecule has 0 spiro atoms. The number of fused-ring (bicyclic) bond motifs is 1. The summed E-state index contributed by atoms with van der Waals surface area (Å²) in [7, 11) is 0. The van der Waals surface area contributed by atoms with Crippen molar-refractivity contribution in [3.63, 3.8) is 0 Å². The van der Waals surface area contributed by atoms with Crippen molar-refractivity contribution in [1.29, 1.82) is 0 Å². The number of benzene rings is 1. The lowest BCUT2D eigenvalue weighted by molar-refractivity contribution is 0.0489. The van der Waals surface area contributed by atoms with Crippen LogP contribution in [0.3, 0.4) is 0 Å². The lowest BCUT2D eigenvalue weighted by Gasteiger charge is -2.09. The molecule has 0 amide bonds. The maximum atomic E-state index is 11.6. The Bertz CT molecular complexity index is 407. The van der Waals surface area contributed by atoms with Crippen LogP contribution in [0.4, 0.5) is 0 Å². The fourth-order valence-corrected chi connectivity index (χ4v) is 1.38. The Morgan fingerprint density at radius 3 is 1.69 bits per heavy atom. The van der Waals surface area contributed by atoms with Crippen LogP contribution >= 0.6 is 0 Å². The number of rotatable bonds is 0. The highest BCUT2D eigenvalue weighted by Crippen LogP contribution is 2.12. The summed E-state index contributed by atoms with van der Waals surface area (Å²) < 4.78 is 9.92. The van der Waals surface area contributed by atoms with Crippen LogP contribution in [-0.2, 0) is 9.47 Å². The van der Waals surface area contributed by atoms with Crippen molar-refractivity contribution in [2.75, 3.05) is 13.2 Å². The quantitative estimate of drug-likeness (QED) is 0.490. The van der Waals surface area contributed by atoms with Crippen LogP contribution in [-0.4, -0.2) is 25.2 Å². The van der Waals surface area contributed by atoms with Gasteiger partial charge in [0, 0.05) is 0 Å². The molecule has 0 aliphatic carbocycles. The smallest absolute Gasteiger partial charge is 0.339 e. The summed E-state index contributed by atoms with van der Waals surface area (Å²) in [6, 6.07) is 6.44. The molecule has 0 fully saturated rings. The van der Waals surface area contributed by atoms with Gasteiger partial charge in [0.1, 0.15) is 13.2 Å². The molecule has 2 rings (SSSR count). The van der Waals surface area contributed by atoms with Gasteiger partial charge in [-0.1, -0.05) is 12.1 Å². The third-order valence-electron chi connectivity index (χ3n) is 2.15. The second-order valence-corrected chi connectivity index (χ2v) is 3.21. The van der Waals surface area contributed by atoms with E-state index in [0.717, 1.165) is 0 Å². The molecular formula is C12H10O4. The zero-order valence-electron chi connectivity index (χ0n) is 8.51. The number of hydrogen-bond acceptors (Lipinski definition) is 4. The van der Waals surface area contributed by atoms with E-state index in [9.17, 15) is 9.59 Å². The van der Waals surface area contributed by atoms with Crippen molar-refractivity contribution < 1.29 is 19.1 Å². The maximum Gasteiger partial charge on any atom is 0.339 e. The molecule has 0 saturated heterocycles. The Kier molecular flexibility index (Phi) is 3.00. The fraction of sp³-hybridized carbons (Fsp3) is 0.167. The SMILES string of the molecule is O=C1OC/C=C\COC(=O)c2ccccc21. The van der Waals surface area contributed by atoms with Gasteiger partial charge in [0.05, 0.1) is 11.1 Å². The van der Waals surface area contributed by atoms with Gasteiger partial charge in [-0.15, -0.1) is 0 Å². The molecule has 82 valence electrons. The van der Waals surface area contributed by atoms with E-state index in [4.69, 9.17) is 9.47 Å². The van der Waals surface area contributed by atoms with Gasteiger partial charge >= 0.3 is 11.9 Å². The summed E-state index contributed by atoms with van der Waals surface area (Å²) in [5.41, 5.74) is 0.477. The molecule has 0 atom stereocenters. The lowest BCUT2D eigenvalue weighted by Crippen LogP contribution is -2.15. The molecule has 0 aromatic heterocycles. The molecule has 0 N–H and O–H groups in total. The van der Waals surface area contributed by atoms with E-state index in [2.05, 4.69) is 0 Å². The number of esters is 2. The zero-order chi connectivity index (χ0) is 11.4. The van der Waals surface area contributed by atoms with Crippen molar-refractivity contribution in [2.45, 2.75) is 0 Å². The Morgan fingerprint density at radius 2 is 1.25 bits per heavy atom. The monoisotopic (exact) mass is 218 g/mol. The number of hydrogen-bond donors (Lipinski definition) is 0. The molecule has 4 nitrogen and oxygen atoms in total. The second kappa shape index (κ2) is 4.61. The normalized spacial score (nSPS) is 18.0. The van der Waals surface area contributed by atoms with Crippen LogP contribution in [0.15, 0.2) is 36.4 Å². The molecule has 16 heavy (non-hydrogen) atoms. The van der Waals surface area contributed by atoms with Gasteiger partial charge in [0.2, 0.25) is 0 Å². The lowest BCUT2D eigenvalue weighted by atomic mass is 10.1. The van der Waals surface area contributed by atoms with E-state index in [0.29, 0.717) is 0 Å². The summed E-state index contributed by atoms with van der Waals surface area (Å²) in [5.74, 6) is -1.03. The summed E-state index contributed by atoms with van der Waals surface area (Å²) in [5, 5.41) is 0. The zero-order valence-corrected chi connectivity index (χ0v) is 8.51. The minimum absolute atomic E-state index is 0.185. The van der Waals surface area contributed by atoms with E-state index in [-0.39, 0.29) is 24.3 Å². The molecule has 1 aromatic rings. The average molecular weight is 218 g/mol. The topological polar surface area (TPSA) is 52.6 Å². The molecule has 0 saturated carbocycles. The fourth-order valence-electron chi connectivity index (χ4n) is 1.38. The van der Waals surface area contributed by atoms with Gasteiger partial charge in [0.15, 0.2) is 0 Å². The van der Waals surface area contributed by atoms with Crippen LogP contribution in [0, 0.1) is 0 Å². The van der Waals surface area contributed by atoms with Crippen LogP contribution in [0.1, 0.15) is 20.7 Å². The van der Waals surface area contributed by atoms with Crippen molar-refractivity contribution >= 4 is 11.9 Å². The first kappa shape index (κ1) is 10.4. The molecule has 1 aliphatic rings. The Hall–Kier alpha value is -2.10. The first-order chi connectivity index (χ1) is 7.79. The van der Waals surface area contributed by atoms with Crippen LogP contribution in [0.25, 0.3) is 0 Å². The van der Waals surface area contributed by atoms with E-state index >= 15 is 0 Å². The highest BCUT2D eigenvalue weighted by Gasteiger charge is 2.18. The maximum absolute atomic E-state index is 11.6.